The molecule has 0 aliphatic carbocycles. The number of fused-ring (bicyclic) bond motifs is 1. The minimum atomic E-state index is -0.573. The molecule has 0 aromatic heterocycles. The van der Waals surface area contributed by atoms with Gasteiger partial charge in [-0.15, -0.1) is 0 Å². The van der Waals surface area contributed by atoms with Gasteiger partial charge in [-0.3, -0.25) is 4.79 Å². The van der Waals surface area contributed by atoms with E-state index >= 15 is 0 Å². The van der Waals surface area contributed by atoms with Gasteiger partial charge in [0, 0.05) is 24.1 Å². The molecule has 1 unspecified atom stereocenters. The Morgan fingerprint density at radius 2 is 2.14 bits per heavy atom. The van der Waals surface area contributed by atoms with Gasteiger partial charge in [0.05, 0.1) is 12.1 Å². The normalized spacial score (nSPS) is 16.9. The molecule has 1 aliphatic rings. The maximum absolute atomic E-state index is 14.1. The number of phenolic OH excluding ortho intramolecular Hbond substituents is 1. The number of phenols is 1. The number of amides is 1. The minimum Gasteiger partial charge on any atom is -0.508 e. The number of carbonyl (C=O) groups excluding carboxylic acids is 1. The molecule has 1 atom stereocenters. The lowest BCUT2D eigenvalue weighted by molar-refractivity contribution is -0.116. The fraction of sp³-hybridized carbons (Fsp3) is 0.188. The second-order valence-electron chi connectivity index (χ2n) is 5.09. The molecular weight excluding hydrogens is 309 g/mol. The number of rotatable bonds is 2. The number of halogens is 2. The highest BCUT2D eigenvalue weighted by atomic mass is 35.5. The SMILES string of the molecule is COc1c(F)cc(C2CC(=O)Nc3cc(O)ccc32)cc1Cl. The molecule has 2 aromatic carbocycles. The van der Waals surface area contributed by atoms with Crippen molar-refractivity contribution in [3.8, 4) is 11.5 Å². The van der Waals surface area contributed by atoms with Crippen LogP contribution in [0.25, 0.3) is 0 Å². The smallest absolute Gasteiger partial charge is 0.225 e. The zero-order valence-corrected chi connectivity index (χ0v) is 12.4. The number of hydrogen-bond acceptors (Lipinski definition) is 3. The molecule has 22 heavy (non-hydrogen) atoms. The van der Waals surface area contributed by atoms with Crippen molar-refractivity contribution in [2.24, 2.45) is 0 Å². The predicted molar refractivity (Wildman–Crippen MR) is 81.2 cm³/mol. The summed E-state index contributed by atoms with van der Waals surface area (Å²) in [4.78, 5) is 11.9. The summed E-state index contributed by atoms with van der Waals surface area (Å²) in [6, 6.07) is 7.64. The summed E-state index contributed by atoms with van der Waals surface area (Å²) in [7, 11) is 1.34. The van der Waals surface area contributed by atoms with E-state index in [0.29, 0.717) is 11.3 Å². The van der Waals surface area contributed by atoms with E-state index in [2.05, 4.69) is 5.32 Å². The summed E-state index contributed by atoms with van der Waals surface area (Å²) in [5.41, 5.74) is 1.91. The lowest BCUT2D eigenvalue weighted by atomic mass is 9.84. The number of hydrogen-bond donors (Lipinski definition) is 2. The zero-order chi connectivity index (χ0) is 15.9. The van der Waals surface area contributed by atoms with Crippen LogP contribution >= 0.6 is 11.6 Å². The Morgan fingerprint density at radius 3 is 2.82 bits per heavy atom. The van der Waals surface area contributed by atoms with E-state index in [0.717, 1.165) is 5.56 Å². The van der Waals surface area contributed by atoms with E-state index in [4.69, 9.17) is 16.3 Å². The van der Waals surface area contributed by atoms with Gasteiger partial charge in [-0.1, -0.05) is 17.7 Å². The van der Waals surface area contributed by atoms with Crippen molar-refractivity contribution in [3.05, 3.63) is 52.3 Å². The molecular formula is C16H13ClFNO3. The van der Waals surface area contributed by atoms with E-state index in [1.807, 2.05) is 0 Å². The largest absolute Gasteiger partial charge is 0.508 e. The van der Waals surface area contributed by atoms with Gasteiger partial charge in [-0.25, -0.2) is 4.39 Å². The average Bonchev–Trinajstić information content (AvgIpc) is 2.45. The topological polar surface area (TPSA) is 58.6 Å². The summed E-state index contributed by atoms with van der Waals surface area (Å²) in [6.07, 6.45) is 0.180. The summed E-state index contributed by atoms with van der Waals surface area (Å²) < 4.78 is 19.0. The monoisotopic (exact) mass is 321 g/mol. The quantitative estimate of drug-likeness (QED) is 0.887. The first-order valence-electron chi connectivity index (χ1n) is 6.65. The second kappa shape index (κ2) is 5.50. The standard InChI is InChI=1S/C16H13ClFNO3/c1-22-16-12(17)4-8(5-13(16)18)11-7-15(21)19-14-6-9(20)2-3-10(11)14/h2-6,11,20H,7H2,1H3,(H,19,21). The highest BCUT2D eigenvalue weighted by molar-refractivity contribution is 6.32. The average molecular weight is 322 g/mol. The Labute approximate surface area is 131 Å². The highest BCUT2D eigenvalue weighted by Crippen LogP contribution is 2.41. The van der Waals surface area contributed by atoms with Crippen molar-refractivity contribution in [1.29, 1.82) is 0 Å². The molecule has 3 rings (SSSR count). The van der Waals surface area contributed by atoms with Crippen LogP contribution in [0.2, 0.25) is 5.02 Å². The molecule has 1 amide bonds. The molecule has 0 radical (unpaired) electrons. The van der Waals surface area contributed by atoms with E-state index < -0.39 is 5.82 Å². The Bertz CT molecular complexity index is 740. The molecule has 6 heteroatoms. The highest BCUT2D eigenvalue weighted by Gasteiger charge is 2.28. The molecule has 0 bridgehead atoms. The Morgan fingerprint density at radius 1 is 1.36 bits per heavy atom. The van der Waals surface area contributed by atoms with Crippen LogP contribution in [0.3, 0.4) is 0 Å². The van der Waals surface area contributed by atoms with Gasteiger partial charge >= 0.3 is 0 Å². The van der Waals surface area contributed by atoms with E-state index in [-0.39, 0.29) is 34.8 Å². The number of benzene rings is 2. The van der Waals surface area contributed by atoms with Gasteiger partial charge in [0.25, 0.3) is 0 Å². The van der Waals surface area contributed by atoms with Gasteiger partial charge in [0.15, 0.2) is 11.6 Å². The van der Waals surface area contributed by atoms with E-state index in [1.54, 1.807) is 12.1 Å². The third-order valence-electron chi connectivity index (χ3n) is 3.70. The van der Waals surface area contributed by atoms with Crippen molar-refractivity contribution in [3.63, 3.8) is 0 Å². The maximum atomic E-state index is 14.1. The Kier molecular flexibility index (Phi) is 3.66. The van der Waals surface area contributed by atoms with E-state index in [1.165, 1.54) is 25.3 Å². The lowest BCUT2D eigenvalue weighted by Gasteiger charge is -2.26. The molecule has 1 aliphatic heterocycles. The van der Waals surface area contributed by atoms with Crippen LogP contribution < -0.4 is 10.1 Å². The fourth-order valence-electron chi connectivity index (χ4n) is 2.73. The first kappa shape index (κ1) is 14.7. The lowest BCUT2D eigenvalue weighted by Crippen LogP contribution is -2.23. The first-order valence-corrected chi connectivity index (χ1v) is 7.03. The second-order valence-corrected chi connectivity index (χ2v) is 5.50. The summed E-state index contributed by atoms with van der Waals surface area (Å²) >= 11 is 6.04. The van der Waals surface area contributed by atoms with Crippen LogP contribution in [0.15, 0.2) is 30.3 Å². The number of ether oxygens (including phenoxy) is 1. The van der Waals surface area contributed by atoms with Crippen LogP contribution in [0, 0.1) is 5.82 Å². The zero-order valence-electron chi connectivity index (χ0n) is 11.7. The number of aromatic hydroxyl groups is 1. The van der Waals surface area contributed by atoms with Crippen molar-refractivity contribution >= 4 is 23.2 Å². The number of carbonyl (C=O) groups is 1. The third kappa shape index (κ3) is 2.48. The molecule has 4 nitrogen and oxygen atoms in total. The molecule has 0 saturated heterocycles. The van der Waals surface area contributed by atoms with Gasteiger partial charge in [-0.05, 0) is 29.3 Å². The fourth-order valence-corrected chi connectivity index (χ4v) is 3.02. The Balaban J connectivity index is 2.11. The van der Waals surface area contributed by atoms with Gasteiger partial charge < -0.3 is 15.2 Å². The number of methoxy groups -OCH3 is 1. The van der Waals surface area contributed by atoms with Gasteiger partial charge in [0.2, 0.25) is 5.91 Å². The van der Waals surface area contributed by atoms with Gasteiger partial charge in [-0.2, -0.15) is 0 Å². The molecule has 2 N–H and O–H groups in total. The predicted octanol–water partition coefficient (Wildman–Crippen LogP) is 3.67. The van der Waals surface area contributed by atoms with Crippen molar-refractivity contribution in [2.45, 2.75) is 12.3 Å². The van der Waals surface area contributed by atoms with Crippen molar-refractivity contribution in [2.75, 3.05) is 12.4 Å². The molecule has 114 valence electrons. The number of nitrogens with one attached hydrogen (secondary N) is 1. The summed E-state index contributed by atoms with van der Waals surface area (Å²) in [5, 5.41) is 12.4. The molecule has 1 heterocycles. The molecule has 0 saturated carbocycles. The third-order valence-corrected chi connectivity index (χ3v) is 3.98. The van der Waals surface area contributed by atoms with Crippen LogP contribution in [0.1, 0.15) is 23.5 Å². The first-order chi connectivity index (χ1) is 10.5. The van der Waals surface area contributed by atoms with Crippen LogP contribution in [-0.4, -0.2) is 18.1 Å². The Hall–Kier alpha value is -2.27. The molecule has 0 fully saturated rings. The summed E-state index contributed by atoms with van der Waals surface area (Å²) in [5.74, 6) is -1.07. The van der Waals surface area contributed by atoms with Crippen molar-refractivity contribution < 1.29 is 19.0 Å². The summed E-state index contributed by atoms with van der Waals surface area (Å²) in [6.45, 7) is 0. The minimum absolute atomic E-state index is 0.0170. The van der Waals surface area contributed by atoms with Crippen LogP contribution in [-0.2, 0) is 4.79 Å². The van der Waals surface area contributed by atoms with Gasteiger partial charge in [0.1, 0.15) is 5.75 Å². The molecule has 0 spiro atoms. The van der Waals surface area contributed by atoms with Crippen LogP contribution in [0.5, 0.6) is 11.5 Å². The molecule has 2 aromatic rings. The number of anilines is 1. The van der Waals surface area contributed by atoms with E-state index in [9.17, 15) is 14.3 Å². The maximum Gasteiger partial charge on any atom is 0.225 e. The van der Waals surface area contributed by atoms with Crippen LogP contribution in [0.4, 0.5) is 10.1 Å². The van der Waals surface area contributed by atoms with Crippen molar-refractivity contribution in [1.82, 2.24) is 0 Å².